The van der Waals surface area contributed by atoms with Crippen LogP contribution in [0.25, 0.3) is 11.5 Å². The molecule has 0 saturated carbocycles. The van der Waals surface area contributed by atoms with E-state index in [1.807, 2.05) is 52.0 Å². The van der Waals surface area contributed by atoms with Crippen molar-refractivity contribution in [3.05, 3.63) is 41.8 Å². The van der Waals surface area contributed by atoms with Gasteiger partial charge in [-0.3, -0.25) is 9.79 Å². The Morgan fingerprint density at radius 2 is 1.78 bits per heavy atom. The van der Waals surface area contributed by atoms with Gasteiger partial charge in [-0.15, -0.1) is 0 Å². The van der Waals surface area contributed by atoms with E-state index >= 15 is 0 Å². The molecule has 1 aromatic carbocycles. The smallest absolute Gasteiger partial charge is 0.226 e. The van der Waals surface area contributed by atoms with Gasteiger partial charge in [-0.2, -0.15) is 0 Å². The number of guanidine groups is 1. The third-order valence-electron chi connectivity index (χ3n) is 3.90. The fourth-order valence-corrected chi connectivity index (χ4v) is 2.23. The Kier molecular flexibility index (Phi) is 6.98. The van der Waals surface area contributed by atoms with Crippen molar-refractivity contribution in [1.82, 2.24) is 20.9 Å². The molecule has 1 amide bonds. The number of carbonyl (C=O) groups is 1. The maximum atomic E-state index is 11.8. The van der Waals surface area contributed by atoms with Crippen LogP contribution in [0, 0.1) is 12.3 Å². The summed E-state index contributed by atoms with van der Waals surface area (Å²) < 4.78 is 5.55. The van der Waals surface area contributed by atoms with E-state index in [-0.39, 0.29) is 11.3 Å². The zero-order valence-corrected chi connectivity index (χ0v) is 16.7. The summed E-state index contributed by atoms with van der Waals surface area (Å²) in [5, 5.41) is 9.23. The number of benzene rings is 1. The van der Waals surface area contributed by atoms with Crippen molar-refractivity contribution >= 4 is 11.9 Å². The van der Waals surface area contributed by atoms with Gasteiger partial charge in [0.2, 0.25) is 11.8 Å². The van der Waals surface area contributed by atoms with Crippen LogP contribution in [0.4, 0.5) is 0 Å². The van der Waals surface area contributed by atoms with Crippen molar-refractivity contribution in [2.75, 3.05) is 20.1 Å². The summed E-state index contributed by atoms with van der Waals surface area (Å²) in [5.41, 5.74) is 2.54. The molecule has 0 atom stereocenters. The maximum absolute atomic E-state index is 11.8. The first kappa shape index (κ1) is 20.5. The van der Waals surface area contributed by atoms with Gasteiger partial charge < -0.3 is 20.4 Å². The lowest BCUT2D eigenvalue weighted by Gasteiger charge is -2.18. The van der Waals surface area contributed by atoms with Crippen LogP contribution < -0.4 is 16.0 Å². The number of oxazole rings is 1. The molecule has 1 heterocycles. The van der Waals surface area contributed by atoms with E-state index in [1.54, 1.807) is 13.3 Å². The topological polar surface area (TPSA) is 91.5 Å². The van der Waals surface area contributed by atoms with Crippen LogP contribution in [0.15, 0.2) is 39.9 Å². The highest BCUT2D eigenvalue weighted by molar-refractivity contribution is 5.81. The Balaban J connectivity index is 1.78. The van der Waals surface area contributed by atoms with Crippen LogP contribution in [0.1, 0.15) is 32.0 Å². The summed E-state index contributed by atoms with van der Waals surface area (Å²) in [6.45, 7) is 9.30. The molecule has 0 aliphatic carbocycles. The highest BCUT2D eigenvalue weighted by Gasteiger charge is 2.20. The summed E-state index contributed by atoms with van der Waals surface area (Å²) in [6, 6.07) is 8.04. The zero-order valence-electron chi connectivity index (χ0n) is 16.7. The number of hydrogen-bond acceptors (Lipinski definition) is 4. The molecular weight excluding hydrogens is 342 g/mol. The normalized spacial score (nSPS) is 12.0. The Morgan fingerprint density at radius 3 is 2.41 bits per heavy atom. The Morgan fingerprint density at radius 1 is 1.11 bits per heavy atom. The van der Waals surface area contributed by atoms with E-state index in [0.717, 1.165) is 11.3 Å². The van der Waals surface area contributed by atoms with Gasteiger partial charge in [0.05, 0.1) is 12.2 Å². The van der Waals surface area contributed by atoms with Gasteiger partial charge in [0.15, 0.2) is 5.96 Å². The molecule has 0 aliphatic rings. The van der Waals surface area contributed by atoms with Gasteiger partial charge >= 0.3 is 0 Å². The first-order valence-electron chi connectivity index (χ1n) is 9.04. The highest BCUT2D eigenvalue weighted by atomic mass is 16.3. The van der Waals surface area contributed by atoms with Crippen molar-refractivity contribution < 1.29 is 9.21 Å². The van der Waals surface area contributed by atoms with Crippen LogP contribution in [0.2, 0.25) is 0 Å². The van der Waals surface area contributed by atoms with E-state index in [2.05, 4.69) is 25.9 Å². The third kappa shape index (κ3) is 6.44. The first-order valence-corrected chi connectivity index (χ1v) is 9.04. The van der Waals surface area contributed by atoms with Crippen LogP contribution in [-0.4, -0.2) is 37.0 Å². The molecule has 3 N–H and O–H groups in total. The molecule has 7 heteroatoms. The summed E-state index contributed by atoms with van der Waals surface area (Å²) >= 11 is 0. The SMILES string of the molecule is CN=C(NCCNC(=O)C(C)(C)C)NCc1coc(-c2ccc(C)cc2)n1. The average molecular weight is 371 g/mol. The van der Waals surface area contributed by atoms with Crippen LogP contribution in [0.3, 0.4) is 0 Å². The van der Waals surface area contributed by atoms with Crippen molar-refractivity contribution in [1.29, 1.82) is 0 Å². The predicted molar refractivity (Wildman–Crippen MR) is 107 cm³/mol. The molecular formula is C20H29N5O2. The lowest BCUT2D eigenvalue weighted by atomic mass is 9.96. The fourth-order valence-electron chi connectivity index (χ4n) is 2.23. The number of nitrogens with one attached hydrogen (secondary N) is 3. The van der Waals surface area contributed by atoms with E-state index in [9.17, 15) is 4.79 Å². The summed E-state index contributed by atoms with van der Waals surface area (Å²) in [7, 11) is 1.70. The first-order chi connectivity index (χ1) is 12.8. The van der Waals surface area contributed by atoms with Gasteiger partial charge in [-0.1, -0.05) is 38.5 Å². The minimum atomic E-state index is -0.387. The number of rotatable bonds is 6. The van der Waals surface area contributed by atoms with E-state index in [4.69, 9.17) is 4.42 Å². The Bertz CT molecular complexity index is 772. The van der Waals surface area contributed by atoms with Gasteiger partial charge in [0, 0.05) is 31.1 Å². The molecule has 0 fully saturated rings. The molecule has 7 nitrogen and oxygen atoms in total. The predicted octanol–water partition coefficient (Wildman–Crippen LogP) is 2.48. The minimum Gasteiger partial charge on any atom is -0.444 e. The molecule has 1 aromatic heterocycles. The number of hydrogen-bond donors (Lipinski definition) is 3. The fraction of sp³-hybridized carbons (Fsp3) is 0.450. The van der Waals surface area contributed by atoms with E-state index in [1.165, 1.54) is 5.56 Å². The van der Waals surface area contributed by atoms with Crippen LogP contribution in [0.5, 0.6) is 0 Å². The summed E-state index contributed by atoms with van der Waals surface area (Å²) in [5.74, 6) is 1.26. The van der Waals surface area contributed by atoms with Crippen LogP contribution in [-0.2, 0) is 11.3 Å². The molecule has 2 rings (SSSR count). The molecule has 0 radical (unpaired) electrons. The van der Waals surface area contributed by atoms with Crippen molar-refractivity contribution in [2.45, 2.75) is 34.2 Å². The Hall–Kier alpha value is -2.83. The largest absolute Gasteiger partial charge is 0.444 e. The second kappa shape index (κ2) is 9.21. The second-order valence-corrected chi connectivity index (χ2v) is 7.37. The molecule has 27 heavy (non-hydrogen) atoms. The average Bonchev–Trinajstić information content (AvgIpc) is 3.09. The molecule has 0 saturated heterocycles. The third-order valence-corrected chi connectivity index (χ3v) is 3.90. The molecule has 2 aromatic rings. The van der Waals surface area contributed by atoms with Gasteiger partial charge in [0.25, 0.3) is 0 Å². The lowest BCUT2D eigenvalue weighted by Crippen LogP contribution is -2.43. The standard InChI is InChI=1S/C20H29N5O2/c1-14-6-8-15(9-7-14)17-25-16(13-27-17)12-24-19(21-5)23-11-10-22-18(26)20(2,3)4/h6-9,13H,10-12H2,1-5H3,(H,22,26)(H2,21,23,24). The summed E-state index contributed by atoms with van der Waals surface area (Å²) in [6.07, 6.45) is 1.64. The molecule has 0 spiro atoms. The minimum absolute atomic E-state index is 0.0264. The second-order valence-electron chi connectivity index (χ2n) is 7.37. The van der Waals surface area contributed by atoms with Gasteiger partial charge in [-0.25, -0.2) is 4.98 Å². The zero-order chi connectivity index (χ0) is 19.9. The van der Waals surface area contributed by atoms with E-state index < -0.39 is 0 Å². The van der Waals surface area contributed by atoms with E-state index in [0.29, 0.717) is 31.5 Å². The number of amides is 1. The number of aliphatic imine (C=N–C) groups is 1. The molecule has 146 valence electrons. The van der Waals surface area contributed by atoms with Crippen molar-refractivity contribution in [3.63, 3.8) is 0 Å². The van der Waals surface area contributed by atoms with Crippen molar-refractivity contribution in [2.24, 2.45) is 10.4 Å². The number of aryl methyl sites for hydroxylation is 1. The Labute approximate surface area is 160 Å². The van der Waals surface area contributed by atoms with Gasteiger partial charge in [0.1, 0.15) is 6.26 Å². The number of aromatic nitrogens is 1. The maximum Gasteiger partial charge on any atom is 0.226 e. The highest BCUT2D eigenvalue weighted by Crippen LogP contribution is 2.19. The molecule has 0 aliphatic heterocycles. The quantitative estimate of drug-likeness (QED) is 0.412. The molecule has 0 unspecified atom stereocenters. The van der Waals surface area contributed by atoms with Crippen LogP contribution >= 0.6 is 0 Å². The van der Waals surface area contributed by atoms with Gasteiger partial charge in [-0.05, 0) is 19.1 Å². The summed E-state index contributed by atoms with van der Waals surface area (Å²) in [4.78, 5) is 20.5. The monoisotopic (exact) mass is 371 g/mol. The number of nitrogens with zero attached hydrogens (tertiary/aromatic N) is 2. The number of carbonyl (C=O) groups excluding carboxylic acids is 1. The molecule has 0 bridgehead atoms. The lowest BCUT2D eigenvalue weighted by molar-refractivity contribution is -0.128. The van der Waals surface area contributed by atoms with Crippen molar-refractivity contribution in [3.8, 4) is 11.5 Å².